The highest BCUT2D eigenvalue weighted by Crippen LogP contribution is 2.25. The molecule has 0 unspecified atom stereocenters. The summed E-state index contributed by atoms with van der Waals surface area (Å²) in [5.74, 6) is -0.132. The summed E-state index contributed by atoms with van der Waals surface area (Å²) in [5, 5.41) is 7.70. The zero-order valence-electron chi connectivity index (χ0n) is 16.1. The summed E-state index contributed by atoms with van der Waals surface area (Å²) in [4.78, 5) is 17.6. The Morgan fingerprint density at radius 2 is 1.88 bits per heavy atom. The standard InChI is InChI=1S/C21H26N4O/c1-6-14(2)22-20(26)17-12-16(15-10-8-7-9-11-15)23-19-13-18(21(3,4)5)24-25(17)19/h7-14H,6H2,1-5H3,(H,22,26)/t14-/m0/s1. The van der Waals surface area contributed by atoms with Gasteiger partial charge in [0.25, 0.3) is 5.91 Å². The zero-order valence-corrected chi connectivity index (χ0v) is 16.1. The van der Waals surface area contributed by atoms with Crippen molar-refractivity contribution in [1.29, 1.82) is 0 Å². The Balaban J connectivity index is 2.18. The fourth-order valence-electron chi connectivity index (χ4n) is 2.66. The van der Waals surface area contributed by atoms with Crippen molar-refractivity contribution in [2.45, 2.75) is 52.5 Å². The van der Waals surface area contributed by atoms with Crippen molar-refractivity contribution in [3.05, 3.63) is 53.9 Å². The van der Waals surface area contributed by atoms with Gasteiger partial charge in [-0.25, -0.2) is 9.50 Å². The first-order valence-electron chi connectivity index (χ1n) is 9.07. The van der Waals surface area contributed by atoms with E-state index in [1.807, 2.05) is 56.3 Å². The van der Waals surface area contributed by atoms with Gasteiger partial charge in [-0.2, -0.15) is 5.10 Å². The fourth-order valence-corrected chi connectivity index (χ4v) is 2.66. The highest BCUT2D eigenvalue weighted by molar-refractivity contribution is 5.94. The van der Waals surface area contributed by atoms with Crippen molar-refractivity contribution in [3.8, 4) is 11.3 Å². The average Bonchev–Trinajstić information content (AvgIpc) is 3.06. The molecule has 0 saturated heterocycles. The third-order valence-electron chi connectivity index (χ3n) is 4.49. The smallest absolute Gasteiger partial charge is 0.270 e. The molecule has 0 spiro atoms. The Hall–Kier alpha value is -2.69. The van der Waals surface area contributed by atoms with Gasteiger partial charge in [-0.1, -0.05) is 58.0 Å². The molecule has 2 heterocycles. The van der Waals surface area contributed by atoms with Crippen molar-refractivity contribution in [2.24, 2.45) is 0 Å². The lowest BCUT2D eigenvalue weighted by Gasteiger charge is -2.14. The van der Waals surface area contributed by atoms with Crippen LogP contribution in [0.3, 0.4) is 0 Å². The van der Waals surface area contributed by atoms with Crippen molar-refractivity contribution < 1.29 is 4.79 Å². The van der Waals surface area contributed by atoms with Gasteiger partial charge in [0.2, 0.25) is 0 Å². The van der Waals surface area contributed by atoms with Crippen LogP contribution in [-0.2, 0) is 5.41 Å². The molecule has 1 amide bonds. The Kier molecular flexibility index (Phi) is 4.81. The summed E-state index contributed by atoms with van der Waals surface area (Å²) in [6.07, 6.45) is 0.873. The van der Waals surface area contributed by atoms with Crippen LogP contribution >= 0.6 is 0 Å². The van der Waals surface area contributed by atoms with E-state index in [9.17, 15) is 4.79 Å². The molecule has 3 aromatic rings. The molecule has 0 fully saturated rings. The SMILES string of the molecule is CC[C@H](C)NC(=O)c1cc(-c2ccccc2)nc2cc(C(C)(C)C)nn12. The molecular formula is C21H26N4O. The highest BCUT2D eigenvalue weighted by Gasteiger charge is 2.22. The molecule has 26 heavy (non-hydrogen) atoms. The minimum atomic E-state index is -0.132. The number of benzene rings is 1. The number of amides is 1. The Labute approximate surface area is 154 Å². The third kappa shape index (κ3) is 3.62. The van der Waals surface area contributed by atoms with Crippen LogP contribution in [0.1, 0.15) is 57.2 Å². The maximum absolute atomic E-state index is 12.9. The quantitative estimate of drug-likeness (QED) is 0.766. The van der Waals surface area contributed by atoms with Gasteiger partial charge >= 0.3 is 0 Å². The molecule has 1 N–H and O–H groups in total. The molecular weight excluding hydrogens is 324 g/mol. The summed E-state index contributed by atoms with van der Waals surface area (Å²) < 4.78 is 1.66. The maximum Gasteiger partial charge on any atom is 0.270 e. The average molecular weight is 350 g/mol. The topological polar surface area (TPSA) is 59.3 Å². The van der Waals surface area contributed by atoms with Gasteiger partial charge in [-0.05, 0) is 19.4 Å². The van der Waals surface area contributed by atoms with Crippen LogP contribution in [0.2, 0.25) is 0 Å². The molecule has 1 aromatic carbocycles. The molecule has 5 nitrogen and oxygen atoms in total. The summed E-state index contributed by atoms with van der Waals surface area (Å²) in [7, 11) is 0. The van der Waals surface area contributed by atoms with E-state index in [-0.39, 0.29) is 17.4 Å². The molecule has 0 aliphatic rings. The second kappa shape index (κ2) is 6.90. The minimum absolute atomic E-state index is 0.100. The normalized spacial score (nSPS) is 13.0. The van der Waals surface area contributed by atoms with Gasteiger partial charge in [0, 0.05) is 23.1 Å². The largest absolute Gasteiger partial charge is 0.348 e. The van der Waals surface area contributed by atoms with Crippen LogP contribution in [0.4, 0.5) is 0 Å². The number of nitrogens with zero attached hydrogens (tertiary/aromatic N) is 3. The van der Waals surface area contributed by atoms with E-state index in [2.05, 4.69) is 31.2 Å². The predicted molar refractivity (Wildman–Crippen MR) is 104 cm³/mol. The van der Waals surface area contributed by atoms with E-state index in [0.717, 1.165) is 23.4 Å². The molecule has 136 valence electrons. The first-order chi connectivity index (χ1) is 12.3. The lowest BCUT2D eigenvalue weighted by molar-refractivity contribution is 0.0931. The molecule has 0 saturated carbocycles. The minimum Gasteiger partial charge on any atom is -0.348 e. The number of rotatable bonds is 4. The number of carbonyl (C=O) groups excluding carboxylic acids is 1. The van der Waals surface area contributed by atoms with Gasteiger partial charge in [0.15, 0.2) is 5.65 Å². The van der Waals surface area contributed by atoms with Gasteiger partial charge in [-0.15, -0.1) is 0 Å². The lowest BCUT2D eigenvalue weighted by atomic mass is 9.93. The number of fused-ring (bicyclic) bond motifs is 1. The maximum atomic E-state index is 12.9. The molecule has 1 atom stereocenters. The second-order valence-electron chi connectivity index (χ2n) is 7.72. The highest BCUT2D eigenvalue weighted by atomic mass is 16.2. The van der Waals surface area contributed by atoms with E-state index in [4.69, 9.17) is 4.98 Å². The predicted octanol–water partition coefficient (Wildman–Crippen LogP) is 4.22. The van der Waals surface area contributed by atoms with Crippen LogP contribution in [0, 0.1) is 0 Å². The van der Waals surface area contributed by atoms with Crippen LogP contribution in [0.25, 0.3) is 16.9 Å². The number of carbonyl (C=O) groups is 1. The van der Waals surface area contributed by atoms with Crippen LogP contribution in [-0.4, -0.2) is 26.5 Å². The fraction of sp³-hybridized carbons (Fsp3) is 0.381. The van der Waals surface area contributed by atoms with E-state index in [0.29, 0.717) is 11.3 Å². The first-order valence-corrected chi connectivity index (χ1v) is 9.07. The van der Waals surface area contributed by atoms with Crippen LogP contribution in [0.5, 0.6) is 0 Å². The first kappa shape index (κ1) is 18.1. The van der Waals surface area contributed by atoms with Crippen LogP contribution in [0.15, 0.2) is 42.5 Å². The summed E-state index contributed by atoms with van der Waals surface area (Å²) in [5.41, 5.74) is 3.73. The second-order valence-corrected chi connectivity index (χ2v) is 7.72. The summed E-state index contributed by atoms with van der Waals surface area (Å²) >= 11 is 0. The van der Waals surface area contributed by atoms with E-state index in [1.165, 1.54) is 0 Å². The van der Waals surface area contributed by atoms with Gasteiger partial charge < -0.3 is 5.32 Å². The van der Waals surface area contributed by atoms with E-state index < -0.39 is 0 Å². The van der Waals surface area contributed by atoms with Crippen molar-refractivity contribution in [2.75, 3.05) is 0 Å². The summed E-state index contributed by atoms with van der Waals surface area (Å²) in [6, 6.07) is 13.8. The number of hydrogen-bond donors (Lipinski definition) is 1. The Morgan fingerprint density at radius 3 is 2.50 bits per heavy atom. The molecule has 3 rings (SSSR count). The van der Waals surface area contributed by atoms with E-state index in [1.54, 1.807) is 4.52 Å². The third-order valence-corrected chi connectivity index (χ3v) is 4.49. The Bertz CT molecular complexity index is 922. The van der Waals surface area contributed by atoms with Gasteiger partial charge in [-0.3, -0.25) is 4.79 Å². The van der Waals surface area contributed by atoms with Gasteiger partial charge in [0.05, 0.1) is 11.4 Å². The number of aromatic nitrogens is 3. The van der Waals surface area contributed by atoms with Crippen molar-refractivity contribution in [3.63, 3.8) is 0 Å². The molecule has 2 aromatic heterocycles. The van der Waals surface area contributed by atoms with E-state index >= 15 is 0 Å². The Morgan fingerprint density at radius 1 is 1.19 bits per heavy atom. The number of hydrogen-bond acceptors (Lipinski definition) is 3. The molecule has 0 radical (unpaired) electrons. The molecule has 0 bridgehead atoms. The molecule has 0 aliphatic carbocycles. The van der Waals surface area contributed by atoms with Crippen molar-refractivity contribution in [1.82, 2.24) is 19.9 Å². The van der Waals surface area contributed by atoms with Crippen LogP contribution < -0.4 is 5.32 Å². The lowest BCUT2D eigenvalue weighted by Crippen LogP contribution is -2.33. The van der Waals surface area contributed by atoms with Gasteiger partial charge in [0.1, 0.15) is 5.69 Å². The molecule has 0 aliphatic heterocycles. The summed E-state index contributed by atoms with van der Waals surface area (Å²) in [6.45, 7) is 10.4. The monoisotopic (exact) mass is 350 g/mol. The molecule has 5 heteroatoms. The number of nitrogens with one attached hydrogen (secondary N) is 1. The van der Waals surface area contributed by atoms with Crippen molar-refractivity contribution >= 4 is 11.6 Å². The zero-order chi connectivity index (χ0) is 18.9.